The van der Waals surface area contributed by atoms with E-state index in [0.717, 1.165) is 22.3 Å². The molecule has 0 aromatic heterocycles. The van der Waals surface area contributed by atoms with E-state index in [1.54, 1.807) is 6.92 Å². The van der Waals surface area contributed by atoms with Crippen molar-refractivity contribution in [2.24, 2.45) is 0 Å². The van der Waals surface area contributed by atoms with Gasteiger partial charge in [-0.1, -0.05) is 55.5 Å². The van der Waals surface area contributed by atoms with Crippen LogP contribution in [0.3, 0.4) is 0 Å². The number of methoxy groups -OCH3 is 1. The Kier molecular flexibility index (Phi) is 8.43. The molecule has 8 nitrogen and oxygen atoms in total. The number of alkyl carbamates (subject to hydrolysis) is 1. The van der Waals surface area contributed by atoms with Gasteiger partial charge in [0.25, 0.3) is 0 Å². The second-order valence-corrected chi connectivity index (χ2v) is 7.98. The molecule has 0 fully saturated rings. The largest absolute Gasteiger partial charge is 0.481 e. The number of hydrogen-bond acceptors (Lipinski definition) is 5. The molecule has 176 valence electrons. The van der Waals surface area contributed by atoms with Crippen LogP contribution in [0.4, 0.5) is 4.79 Å². The van der Waals surface area contributed by atoms with E-state index >= 15 is 0 Å². The van der Waals surface area contributed by atoms with Crippen LogP contribution in [0.2, 0.25) is 0 Å². The number of fused-ring (bicyclic) bond motifs is 3. The number of carbonyl (C=O) groups excluding carboxylic acids is 2. The molecule has 0 saturated heterocycles. The zero-order valence-corrected chi connectivity index (χ0v) is 18.9. The van der Waals surface area contributed by atoms with Crippen LogP contribution in [0, 0.1) is 0 Å². The molecule has 0 heterocycles. The van der Waals surface area contributed by atoms with Crippen LogP contribution in [0.5, 0.6) is 0 Å². The summed E-state index contributed by atoms with van der Waals surface area (Å²) in [7, 11) is 1.40. The first-order chi connectivity index (χ1) is 15.9. The van der Waals surface area contributed by atoms with Gasteiger partial charge in [-0.3, -0.25) is 9.59 Å². The minimum absolute atomic E-state index is 0.0270. The van der Waals surface area contributed by atoms with E-state index in [2.05, 4.69) is 34.9 Å². The Morgan fingerprint density at radius 2 is 1.64 bits per heavy atom. The molecule has 0 radical (unpaired) electrons. The summed E-state index contributed by atoms with van der Waals surface area (Å²) in [6.45, 7) is 2.19. The Labute approximate surface area is 193 Å². The zero-order chi connectivity index (χ0) is 23.8. The van der Waals surface area contributed by atoms with Gasteiger partial charge in [-0.15, -0.1) is 0 Å². The quantitative estimate of drug-likeness (QED) is 0.480. The average Bonchev–Trinajstić information content (AvgIpc) is 3.13. The van der Waals surface area contributed by atoms with Gasteiger partial charge in [0, 0.05) is 32.0 Å². The monoisotopic (exact) mass is 454 g/mol. The van der Waals surface area contributed by atoms with E-state index in [-0.39, 0.29) is 31.9 Å². The molecule has 2 atom stereocenters. The number of hydrogen-bond donors (Lipinski definition) is 3. The Bertz CT molecular complexity index is 947. The lowest BCUT2D eigenvalue weighted by Gasteiger charge is -2.20. The Hall–Kier alpha value is -3.39. The maximum Gasteiger partial charge on any atom is 0.407 e. The summed E-state index contributed by atoms with van der Waals surface area (Å²) in [5, 5.41) is 14.3. The molecule has 0 spiro atoms. The topological polar surface area (TPSA) is 114 Å². The molecule has 1 aliphatic rings. The van der Waals surface area contributed by atoms with Crippen LogP contribution in [0.15, 0.2) is 48.5 Å². The average molecular weight is 455 g/mol. The number of aliphatic carboxylic acids is 1. The number of rotatable bonds is 11. The lowest BCUT2D eigenvalue weighted by Crippen LogP contribution is -2.44. The molecule has 3 N–H and O–H groups in total. The van der Waals surface area contributed by atoms with Gasteiger partial charge in [0.15, 0.2) is 0 Å². The van der Waals surface area contributed by atoms with E-state index in [1.165, 1.54) is 7.11 Å². The van der Waals surface area contributed by atoms with Crippen LogP contribution in [0.1, 0.15) is 43.2 Å². The fourth-order valence-corrected chi connectivity index (χ4v) is 4.11. The van der Waals surface area contributed by atoms with Gasteiger partial charge in [-0.05, 0) is 28.7 Å². The summed E-state index contributed by atoms with van der Waals surface area (Å²) >= 11 is 0. The van der Waals surface area contributed by atoms with Gasteiger partial charge in [0.05, 0.1) is 6.42 Å². The van der Waals surface area contributed by atoms with Crippen molar-refractivity contribution in [3.8, 4) is 11.1 Å². The number of nitrogens with one attached hydrogen (secondary N) is 2. The molecule has 2 aromatic carbocycles. The molecule has 2 aromatic rings. The molecule has 0 aliphatic heterocycles. The number of carboxylic acids is 1. The van der Waals surface area contributed by atoms with E-state index in [4.69, 9.17) is 14.6 Å². The predicted octanol–water partition coefficient (Wildman–Crippen LogP) is 3.30. The van der Waals surface area contributed by atoms with Crippen molar-refractivity contribution >= 4 is 18.0 Å². The van der Waals surface area contributed by atoms with Gasteiger partial charge in [-0.2, -0.15) is 0 Å². The summed E-state index contributed by atoms with van der Waals surface area (Å²) in [6, 6.07) is 15.7. The lowest BCUT2D eigenvalue weighted by atomic mass is 9.98. The molecule has 8 heteroatoms. The minimum atomic E-state index is -0.979. The van der Waals surface area contributed by atoms with Gasteiger partial charge in [0.1, 0.15) is 12.7 Å². The van der Waals surface area contributed by atoms with Gasteiger partial charge in [-0.25, -0.2) is 4.79 Å². The zero-order valence-electron chi connectivity index (χ0n) is 18.9. The fourth-order valence-electron chi connectivity index (χ4n) is 4.11. The number of carboxylic acid groups (broad SMARTS) is 1. The molecule has 0 saturated carbocycles. The summed E-state index contributed by atoms with van der Waals surface area (Å²) in [4.78, 5) is 35.5. The first-order valence-corrected chi connectivity index (χ1v) is 11.1. The van der Waals surface area contributed by atoms with E-state index in [9.17, 15) is 14.4 Å². The normalized spacial score (nSPS) is 14.0. The van der Waals surface area contributed by atoms with Crippen LogP contribution in [-0.4, -0.2) is 55.5 Å². The molecule has 3 rings (SSSR count). The van der Waals surface area contributed by atoms with Crippen molar-refractivity contribution in [2.45, 2.75) is 44.2 Å². The van der Waals surface area contributed by atoms with Crippen molar-refractivity contribution in [3.05, 3.63) is 59.7 Å². The predicted molar refractivity (Wildman–Crippen MR) is 123 cm³/mol. The summed E-state index contributed by atoms with van der Waals surface area (Å²) in [5.74, 6) is -1.41. The van der Waals surface area contributed by atoms with Crippen LogP contribution >= 0.6 is 0 Å². The molecule has 0 bridgehead atoms. The van der Waals surface area contributed by atoms with E-state index in [0.29, 0.717) is 6.42 Å². The number of ether oxygens (including phenoxy) is 2. The summed E-state index contributed by atoms with van der Waals surface area (Å²) in [6.07, 6.45) is -0.801. The van der Waals surface area contributed by atoms with Crippen molar-refractivity contribution in [3.63, 3.8) is 0 Å². The maximum atomic E-state index is 12.4. The van der Waals surface area contributed by atoms with E-state index < -0.39 is 30.1 Å². The second kappa shape index (κ2) is 11.5. The van der Waals surface area contributed by atoms with Crippen LogP contribution < -0.4 is 10.6 Å². The Balaban J connectivity index is 1.48. The highest BCUT2D eigenvalue weighted by Gasteiger charge is 2.29. The Morgan fingerprint density at radius 3 is 2.18 bits per heavy atom. The second-order valence-electron chi connectivity index (χ2n) is 7.98. The van der Waals surface area contributed by atoms with Gasteiger partial charge >= 0.3 is 12.1 Å². The molecule has 1 aliphatic carbocycles. The first kappa shape index (κ1) is 24.3. The fraction of sp³-hybridized carbons (Fsp3) is 0.400. The highest BCUT2D eigenvalue weighted by atomic mass is 16.5. The summed E-state index contributed by atoms with van der Waals surface area (Å²) in [5.41, 5.74) is 4.58. The van der Waals surface area contributed by atoms with Crippen molar-refractivity contribution in [1.82, 2.24) is 10.6 Å². The maximum absolute atomic E-state index is 12.4. The third-order valence-corrected chi connectivity index (χ3v) is 5.86. The highest BCUT2D eigenvalue weighted by molar-refractivity contribution is 5.82. The lowest BCUT2D eigenvalue weighted by molar-refractivity contribution is -0.138. The van der Waals surface area contributed by atoms with Crippen molar-refractivity contribution < 1.29 is 29.0 Å². The smallest absolute Gasteiger partial charge is 0.407 e. The highest BCUT2D eigenvalue weighted by Crippen LogP contribution is 2.44. The third kappa shape index (κ3) is 6.10. The molecule has 1 unspecified atom stereocenters. The van der Waals surface area contributed by atoms with Gasteiger partial charge in [0.2, 0.25) is 5.91 Å². The first-order valence-electron chi connectivity index (χ1n) is 11.1. The SMILES string of the molecule is CC[C@@H](CC(=O)O)NC(=O)C(CCNC(=O)OCC1c2ccccc2-c2ccccc21)OC. The summed E-state index contributed by atoms with van der Waals surface area (Å²) < 4.78 is 10.7. The molecular formula is C25H30N2O6. The Morgan fingerprint density at radius 1 is 1.03 bits per heavy atom. The van der Waals surface area contributed by atoms with Crippen molar-refractivity contribution in [2.75, 3.05) is 20.3 Å². The van der Waals surface area contributed by atoms with Gasteiger partial charge < -0.3 is 25.2 Å². The molecule has 2 amide bonds. The standard InChI is InChI=1S/C25H30N2O6/c1-3-16(14-23(28)29)27-24(30)22(32-2)12-13-26-25(31)33-15-21-19-10-6-4-8-17(19)18-9-5-7-11-20(18)21/h4-11,16,21-22H,3,12-15H2,1-2H3,(H,26,31)(H,27,30)(H,28,29)/t16-,22?/m0/s1. The van der Waals surface area contributed by atoms with E-state index in [1.807, 2.05) is 24.3 Å². The molecular weight excluding hydrogens is 424 g/mol. The van der Waals surface area contributed by atoms with Crippen LogP contribution in [0.25, 0.3) is 11.1 Å². The number of carbonyl (C=O) groups is 3. The third-order valence-electron chi connectivity index (χ3n) is 5.86. The van der Waals surface area contributed by atoms with Crippen molar-refractivity contribution in [1.29, 1.82) is 0 Å². The number of benzene rings is 2. The minimum Gasteiger partial charge on any atom is -0.481 e. The van der Waals surface area contributed by atoms with Crippen LogP contribution in [-0.2, 0) is 19.1 Å². The number of amides is 2. The molecule has 33 heavy (non-hydrogen) atoms.